The molecule has 22 heavy (non-hydrogen) atoms. The molecular weight excluding hydrogens is 304 g/mol. The van der Waals surface area contributed by atoms with Crippen molar-refractivity contribution in [3.05, 3.63) is 29.8 Å². The summed E-state index contributed by atoms with van der Waals surface area (Å²) in [5.41, 5.74) is 1.71. The number of ether oxygens (including phenoxy) is 1. The molecule has 6 nitrogen and oxygen atoms in total. The van der Waals surface area contributed by atoms with E-state index in [1.165, 1.54) is 11.8 Å². The maximum atomic E-state index is 12.0. The van der Waals surface area contributed by atoms with Crippen LogP contribution in [0.25, 0.3) is 0 Å². The molecule has 0 unspecified atom stereocenters. The van der Waals surface area contributed by atoms with Crippen molar-refractivity contribution in [1.29, 1.82) is 0 Å². The molecule has 1 aromatic carbocycles. The summed E-state index contributed by atoms with van der Waals surface area (Å²) in [4.78, 5) is 24.5. The van der Waals surface area contributed by atoms with Crippen LogP contribution >= 0.6 is 11.8 Å². The summed E-state index contributed by atoms with van der Waals surface area (Å²) in [6.45, 7) is 3.66. The third-order valence-corrected chi connectivity index (χ3v) is 4.21. The number of nitrogens with one attached hydrogen (secondary N) is 1. The van der Waals surface area contributed by atoms with Crippen molar-refractivity contribution < 1.29 is 19.4 Å². The monoisotopic (exact) mass is 324 g/mol. The largest absolute Gasteiger partial charge is 0.481 e. The van der Waals surface area contributed by atoms with Crippen LogP contribution in [0.15, 0.2) is 24.3 Å². The summed E-state index contributed by atoms with van der Waals surface area (Å²) >= 11 is 1.29. The zero-order valence-corrected chi connectivity index (χ0v) is 13.1. The molecule has 1 saturated heterocycles. The van der Waals surface area contributed by atoms with E-state index in [1.54, 1.807) is 0 Å². The molecule has 0 atom stereocenters. The Morgan fingerprint density at radius 3 is 2.55 bits per heavy atom. The lowest BCUT2D eigenvalue weighted by atomic mass is 10.1. The lowest BCUT2D eigenvalue weighted by molar-refractivity contribution is -0.133. The second-order valence-corrected chi connectivity index (χ2v) is 5.95. The fraction of sp³-hybridized carbons (Fsp3) is 0.467. The molecule has 120 valence electrons. The van der Waals surface area contributed by atoms with Crippen LogP contribution < -0.4 is 10.2 Å². The molecule has 2 rings (SSSR count). The molecule has 0 saturated carbocycles. The number of thioether (sulfide) groups is 1. The van der Waals surface area contributed by atoms with Crippen molar-refractivity contribution in [2.45, 2.75) is 0 Å². The van der Waals surface area contributed by atoms with E-state index >= 15 is 0 Å². The average molecular weight is 324 g/mol. The Morgan fingerprint density at radius 2 is 1.91 bits per heavy atom. The van der Waals surface area contributed by atoms with Gasteiger partial charge in [-0.15, -0.1) is 11.8 Å². The first-order valence-corrected chi connectivity index (χ1v) is 8.33. The number of carboxylic acid groups (broad SMARTS) is 1. The average Bonchev–Trinajstić information content (AvgIpc) is 2.55. The predicted octanol–water partition coefficient (Wildman–Crippen LogP) is 1.07. The standard InChI is InChI=1S/C15H20N2O4S/c18-14(19)11-22-10-5-16-15(20)12-1-3-13(4-2-12)17-6-8-21-9-7-17/h1-4H,5-11H2,(H,16,20)(H,18,19). The van der Waals surface area contributed by atoms with Gasteiger partial charge in [-0.2, -0.15) is 0 Å². The molecule has 0 radical (unpaired) electrons. The zero-order valence-electron chi connectivity index (χ0n) is 12.3. The second-order valence-electron chi connectivity index (χ2n) is 4.85. The van der Waals surface area contributed by atoms with E-state index in [0.29, 0.717) is 17.9 Å². The number of hydrogen-bond acceptors (Lipinski definition) is 5. The third-order valence-electron chi connectivity index (χ3n) is 3.26. The molecule has 0 aromatic heterocycles. The van der Waals surface area contributed by atoms with Gasteiger partial charge in [-0.25, -0.2) is 0 Å². The third kappa shape index (κ3) is 5.23. The first kappa shape index (κ1) is 16.6. The van der Waals surface area contributed by atoms with Gasteiger partial charge in [0.15, 0.2) is 0 Å². The number of amides is 1. The maximum absolute atomic E-state index is 12.0. The van der Waals surface area contributed by atoms with E-state index in [-0.39, 0.29) is 11.7 Å². The van der Waals surface area contributed by atoms with Gasteiger partial charge >= 0.3 is 5.97 Å². The zero-order chi connectivity index (χ0) is 15.8. The van der Waals surface area contributed by atoms with E-state index < -0.39 is 5.97 Å². The molecular formula is C15H20N2O4S. The van der Waals surface area contributed by atoms with Crippen LogP contribution in [0.3, 0.4) is 0 Å². The Morgan fingerprint density at radius 1 is 1.23 bits per heavy atom. The normalized spacial score (nSPS) is 14.6. The van der Waals surface area contributed by atoms with E-state index in [4.69, 9.17) is 9.84 Å². The number of carbonyl (C=O) groups excluding carboxylic acids is 1. The highest BCUT2D eigenvalue weighted by Crippen LogP contribution is 2.16. The maximum Gasteiger partial charge on any atom is 0.313 e. The smallest absolute Gasteiger partial charge is 0.313 e. The molecule has 2 N–H and O–H groups in total. The number of morpholine rings is 1. The molecule has 1 fully saturated rings. The van der Waals surface area contributed by atoms with Gasteiger partial charge in [0.2, 0.25) is 0 Å². The van der Waals surface area contributed by atoms with Crippen LogP contribution in [0.4, 0.5) is 5.69 Å². The van der Waals surface area contributed by atoms with Crippen LogP contribution in [0, 0.1) is 0 Å². The number of anilines is 1. The Labute approximate surface area is 133 Å². The quantitative estimate of drug-likeness (QED) is 0.731. The van der Waals surface area contributed by atoms with Crippen molar-refractivity contribution in [1.82, 2.24) is 5.32 Å². The predicted molar refractivity (Wildman–Crippen MR) is 86.8 cm³/mol. The van der Waals surface area contributed by atoms with Gasteiger partial charge in [0.25, 0.3) is 5.91 Å². The van der Waals surface area contributed by atoms with E-state index in [1.807, 2.05) is 24.3 Å². The number of nitrogens with zero attached hydrogens (tertiary/aromatic N) is 1. The summed E-state index contributed by atoms with van der Waals surface area (Å²) < 4.78 is 5.32. The van der Waals surface area contributed by atoms with E-state index in [9.17, 15) is 9.59 Å². The topological polar surface area (TPSA) is 78.9 Å². The van der Waals surface area contributed by atoms with Gasteiger partial charge < -0.3 is 20.1 Å². The lowest BCUT2D eigenvalue weighted by Gasteiger charge is -2.28. The Bertz CT molecular complexity index is 501. The van der Waals surface area contributed by atoms with Gasteiger partial charge in [-0.05, 0) is 24.3 Å². The summed E-state index contributed by atoms with van der Waals surface area (Å²) in [6.07, 6.45) is 0. The molecule has 0 aliphatic carbocycles. The Balaban J connectivity index is 1.77. The molecule has 0 spiro atoms. The van der Waals surface area contributed by atoms with Crippen molar-refractivity contribution >= 4 is 29.3 Å². The molecule has 1 aromatic rings. The van der Waals surface area contributed by atoms with Crippen LogP contribution in [0.1, 0.15) is 10.4 Å². The number of carboxylic acids is 1. The molecule has 1 amide bonds. The van der Waals surface area contributed by atoms with Gasteiger partial charge in [0.05, 0.1) is 19.0 Å². The van der Waals surface area contributed by atoms with Crippen LogP contribution in [0.5, 0.6) is 0 Å². The summed E-state index contributed by atoms with van der Waals surface area (Å²) in [5, 5.41) is 11.3. The fourth-order valence-corrected chi connectivity index (χ4v) is 2.71. The lowest BCUT2D eigenvalue weighted by Crippen LogP contribution is -2.36. The molecule has 0 bridgehead atoms. The summed E-state index contributed by atoms with van der Waals surface area (Å²) in [5.74, 6) is -0.326. The summed E-state index contributed by atoms with van der Waals surface area (Å²) in [6, 6.07) is 7.51. The van der Waals surface area contributed by atoms with Gasteiger partial charge in [0.1, 0.15) is 0 Å². The minimum absolute atomic E-state index is 0.0596. The van der Waals surface area contributed by atoms with Crippen molar-refractivity contribution in [2.75, 3.05) is 49.3 Å². The minimum atomic E-state index is -0.838. The van der Waals surface area contributed by atoms with Crippen LogP contribution in [-0.4, -0.2) is 61.3 Å². The van der Waals surface area contributed by atoms with E-state index in [0.717, 1.165) is 32.0 Å². The van der Waals surface area contributed by atoms with Gasteiger partial charge in [-0.3, -0.25) is 9.59 Å². The highest BCUT2D eigenvalue weighted by molar-refractivity contribution is 7.99. The SMILES string of the molecule is O=C(O)CSCCNC(=O)c1ccc(N2CCOCC2)cc1. The van der Waals surface area contributed by atoms with Crippen molar-refractivity contribution in [3.63, 3.8) is 0 Å². The number of hydrogen-bond donors (Lipinski definition) is 2. The highest BCUT2D eigenvalue weighted by Gasteiger charge is 2.12. The van der Waals surface area contributed by atoms with Crippen molar-refractivity contribution in [3.8, 4) is 0 Å². The van der Waals surface area contributed by atoms with Crippen LogP contribution in [-0.2, 0) is 9.53 Å². The minimum Gasteiger partial charge on any atom is -0.481 e. The van der Waals surface area contributed by atoms with Crippen LogP contribution in [0.2, 0.25) is 0 Å². The molecule has 7 heteroatoms. The molecule has 1 aliphatic heterocycles. The highest BCUT2D eigenvalue weighted by atomic mass is 32.2. The number of benzene rings is 1. The second kappa shape index (κ2) is 8.65. The van der Waals surface area contributed by atoms with Gasteiger partial charge in [0, 0.05) is 36.6 Å². The number of aliphatic carboxylic acids is 1. The molecule has 1 heterocycles. The Kier molecular flexibility index (Phi) is 6.54. The Hall–Kier alpha value is -1.73. The number of rotatable bonds is 7. The van der Waals surface area contributed by atoms with Gasteiger partial charge in [-0.1, -0.05) is 0 Å². The van der Waals surface area contributed by atoms with E-state index in [2.05, 4.69) is 10.2 Å². The first-order chi connectivity index (χ1) is 10.7. The fourth-order valence-electron chi connectivity index (χ4n) is 2.14. The molecule has 1 aliphatic rings. The van der Waals surface area contributed by atoms with Crippen molar-refractivity contribution in [2.24, 2.45) is 0 Å². The number of carbonyl (C=O) groups is 2. The summed E-state index contributed by atoms with van der Waals surface area (Å²) in [7, 11) is 0. The first-order valence-electron chi connectivity index (χ1n) is 7.17.